The zero-order valence-corrected chi connectivity index (χ0v) is 11.6. The lowest BCUT2D eigenvalue weighted by Crippen LogP contribution is -2.30. The first kappa shape index (κ1) is 13.6. The van der Waals surface area contributed by atoms with Gasteiger partial charge in [0.05, 0.1) is 4.99 Å². The number of thiocarbonyl (C=S) groups is 1. The van der Waals surface area contributed by atoms with Gasteiger partial charge in [-0.3, -0.25) is 4.90 Å². The van der Waals surface area contributed by atoms with Crippen LogP contribution in [-0.2, 0) is 6.54 Å². The normalized spacial score (nSPS) is 11.2. The van der Waals surface area contributed by atoms with E-state index in [1.165, 1.54) is 5.56 Å². The van der Waals surface area contributed by atoms with E-state index < -0.39 is 0 Å². The van der Waals surface area contributed by atoms with E-state index in [0.717, 1.165) is 26.1 Å². The van der Waals surface area contributed by atoms with Gasteiger partial charge in [-0.05, 0) is 28.3 Å². The molecule has 1 aromatic rings. The van der Waals surface area contributed by atoms with Crippen molar-refractivity contribution in [3.8, 4) is 0 Å². The first-order chi connectivity index (χ1) is 7.58. The van der Waals surface area contributed by atoms with Gasteiger partial charge < -0.3 is 5.73 Å². The molecule has 1 aromatic heterocycles. The average molecular weight is 256 g/mol. The molecular formula is C12H20N2S2. The van der Waals surface area contributed by atoms with Crippen molar-refractivity contribution in [2.24, 2.45) is 11.7 Å². The van der Waals surface area contributed by atoms with Crippen LogP contribution in [0.4, 0.5) is 0 Å². The topological polar surface area (TPSA) is 29.3 Å². The summed E-state index contributed by atoms with van der Waals surface area (Å²) in [5, 5.41) is 4.32. The molecule has 1 heterocycles. The molecule has 90 valence electrons. The Labute approximate surface area is 107 Å². The smallest absolute Gasteiger partial charge is 0.0740 e. The third-order valence-electron chi connectivity index (χ3n) is 2.28. The summed E-state index contributed by atoms with van der Waals surface area (Å²) in [7, 11) is 0. The molecular weight excluding hydrogens is 236 g/mol. The van der Waals surface area contributed by atoms with Gasteiger partial charge in [-0.25, -0.2) is 0 Å². The molecule has 0 atom stereocenters. The predicted molar refractivity (Wildman–Crippen MR) is 75.8 cm³/mol. The quantitative estimate of drug-likeness (QED) is 0.761. The van der Waals surface area contributed by atoms with E-state index in [1.807, 2.05) is 0 Å². The number of hydrogen-bond donors (Lipinski definition) is 1. The molecule has 0 aromatic carbocycles. The number of nitrogens with two attached hydrogens (primary N) is 1. The van der Waals surface area contributed by atoms with Gasteiger partial charge in [-0.2, -0.15) is 11.3 Å². The largest absolute Gasteiger partial charge is 0.393 e. The molecule has 0 aliphatic heterocycles. The highest BCUT2D eigenvalue weighted by atomic mass is 32.1. The van der Waals surface area contributed by atoms with Gasteiger partial charge in [0.25, 0.3) is 0 Å². The fourth-order valence-corrected chi connectivity index (χ4v) is 2.41. The SMILES string of the molecule is CC(C)CN(CCC(N)=S)Cc1ccsc1. The van der Waals surface area contributed by atoms with Crippen LogP contribution in [0.3, 0.4) is 0 Å². The van der Waals surface area contributed by atoms with Gasteiger partial charge in [0.2, 0.25) is 0 Å². The predicted octanol–water partition coefficient (Wildman–Crippen LogP) is 2.88. The Morgan fingerprint density at radius 3 is 2.81 bits per heavy atom. The van der Waals surface area contributed by atoms with Crippen molar-refractivity contribution in [3.63, 3.8) is 0 Å². The molecule has 0 fully saturated rings. The number of hydrogen-bond acceptors (Lipinski definition) is 3. The van der Waals surface area contributed by atoms with Crippen LogP contribution in [0.15, 0.2) is 16.8 Å². The number of thiophene rings is 1. The highest BCUT2D eigenvalue weighted by molar-refractivity contribution is 7.80. The van der Waals surface area contributed by atoms with Crippen LogP contribution in [0, 0.1) is 5.92 Å². The van der Waals surface area contributed by atoms with E-state index in [2.05, 4.69) is 35.6 Å². The molecule has 0 bridgehead atoms. The lowest BCUT2D eigenvalue weighted by molar-refractivity contribution is 0.243. The first-order valence-electron chi connectivity index (χ1n) is 5.59. The van der Waals surface area contributed by atoms with E-state index in [0.29, 0.717) is 10.9 Å². The standard InChI is InChI=1S/C12H20N2S2/c1-10(2)7-14(5-3-12(13)15)8-11-4-6-16-9-11/h4,6,9-10H,3,5,7-8H2,1-2H3,(H2,13,15). The van der Waals surface area contributed by atoms with Crippen molar-refractivity contribution in [2.45, 2.75) is 26.8 Å². The van der Waals surface area contributed by atoms with Gasteiger partial charge in [0, 0.05) is 26.1 Å². The number of rotatable bonds is 7. The van der Waals surface area contributed by atoms with Crippen molar-refractivity contribution in [1.29, 1.82) is 0 Å². The van der Waals surface area contributed by atoms with Gasteiger partial charge >= 0.3 is 0 Å². The fraction of sp³-hybridized carbons (Fsp3) is 0.583. The maximum Gasteiger partial charge on any atom is 0.0740 e. The monoisotopic (exact) mass is 256 g/mol. The summed E-state index contributed by atoms with van der Waals surface area (Å²) in [6, 6.07) is 2.18. The first-order valence-corrected chi connectivity index (χ1v) is 6.94. The second-order valence-electron chi connectivity index (χ2n) is 4.48. The summed E-state index contributed by atoms with van der Waals surface area (Å²) in [6.45, 7) is 7.54. The second kappa shape index (κ2) is 6.99. The van der Waals surface area contributed by atoms with E-state index in [4.69, 9.17) is 18.0 Å². The lowest BCUT2D eigenvalue weighted by Gasteiger charge is -2.23. The molecule has 2 N–H and O–H groups in total. The van der Waals surface area contributed by atoms with Crippen LogP contribution < -0.4 is 5.73 Å². The molecule has 0 amide bonds. The van der Waals surface area contributed by atoms with Crippen molar-refractivity contribution < 1.29 is 0 Å². The van der Waals surface area contributed by atoms with Crippen LogP contribution >= 0.6 is 23.6 Å². The van der Waals surface area contributed by atoms with Crippen molar-refractivity contribution >= 4 is 28.5 Å². The Hall–Kier alpha value is -0.450. The summed E-state index contributed by atoms with van der Waals surface area (Å²) < 4.78 is 0. The van der Waals surface area contributed by atoms with Crippen LogP contribution in [0.5, 0.6) is 0 Å². The minimum absolute atomic E-state index is 0.610. The minimum atomic E-state index is 0.610. The summed E-state index contributed by atoms with van der Waals surface area (Å²) in [5.74, 6) is 0.671. The van der Waals surface area contributed by atoms with E-state index in [9.17, 15) is 0 Å². The number of nitrogens with zero attached hydrogens (tertiary/aromatic N) is 1. The zero-order chi connectivity index (χ0) is 12.0. The summed E-state index contributed by atoms with van der Waals surface area (Å²) in [5.41, 5.74) is 6.93. The summed E-state index contributed by atoms with van der Waals surface area (Å²) in [6.07, 6.45) is 0.812. The molecule has 0 spiro atoms. The molecule has 0 unspecified atom stereocenters. The molecule has 4 heteroatoms. The zero-order valence-electron chi connectivity index (χ0n) is 9.98. The maximum atomic E-state index is 5.55. The molecule has 0 saturated heterocycles. The Morgan fingerprint density at radius 1 is 1.56 bits per heavy atom. The second-order valence-corrected chi connectivity index (χ2v) is 5.78. The maximum absolute atomic E-state index is 5.55. The molecule has 16 heavy (non-hydrogen) atoms. The van der Waals surface area contributed by atoms with Gasteiger partial charge in [0.1, 0.15) is 0 Å². The van der Waals surface area contributed by atoms with Crippen LogP contribution in [0.1, 0.15) is 25.8 Å². The summed E-state index contributed by atoms with van der Waals surface area (Å²) in [4.78, 5) is 3.03. The average Bonchev–Trinajstić information content (AvgIpc) is 2.66. The fourth-order valence-electron chi connectivity index (χ4n) is 1.66. The Kier molecular flexibility index (Phi) is 5.95. The third kappa shape index (κ3) is 5.58. The van der Waals surface area contributed by atoms with Gasteiger partial charge in [-0.15, -0.1) is 0 Å². The van der Waals surface area contributed by atoms with E-state index >= 15 is 0 Å². The lowest BCUT2D eigenvalue weighted by atomic mass is 10.2. The molecule has 2 nitrogen and oxygen atoms in total. The molecule has 0 saturated carbocycles. The van der Waals surface area contributed by atoms with E-state index in [-0.39, 0.29) is 0 Å². The van der Waals surface area contributed by atoms with Crippen LogP contribution in [-0.4, -0.2) is 23.0 Å². The third-order valence-corrected chi connectivity index (χ3v) is 3.22. The van der Waals surface area contributed by atoms with Gasteiger partial charge in [-0.1, -0.05) is 26.1 Å². The Morgan fingerprint density at radius 2 is 2.31 bits per heavy atom. The Balaban J connectivity index is 2.46. The van der Waals surface area contributed by atoms with E-state index in [1.54, 1.807) is 11.3 Å². The van der Waals surface area contributed by atoms with Crippen molar-refractivity contribution in [1.82, 2.24) is 4.90 Å². The van der Waals surface area contributed by atoms with Crippen molar-refractivity contribution in [2.75, 3.05) is 13.1 Å². The van der Waals surface area contributed by atoms with Gasteiger partial charge in [0.15, 0.2) is 0 Å². The highest BCUT2D eigenvalue weighted by Crippen LogP contribution is 2.11. The van der Waals surface area contributed by atoms with Crippen molar-refractivity contribution in [3.05, 3.63) is 22.4 Å². The minimum Gasteiger partial charge on any atom is -0.393 e. The molecule has 0 radical (unpaired) electrons. The molecule has 0 aliphatic rings. The molecule has 0 aliphatic carbocycles. The molecule has 1 rings (SSSR count). The van der Waals surface area contributed by atoms with Crippen LogP contribution in [0.2, 0.25) is 0 Å². The van der Waals surface area contributed by atoms with Crippen LogP contribution in [0.25, 0.3) is 0 Å². The Bertz CT molecular complexity index is 307. The highest BCUT2D eigenvalue weighted by Gasteiger charge is 2.08. The summed E-state index contributed by atoms with van der Waals surface area (Å²) >= 11 is 6.68.